The summed E-state index contributed by atoms with van der Waals surface area (Å²) in [7, 11) is 9.14. The van der Waals surface area contributed by atoms with Gasteiger partial charge in [-0.25, -0.2) is 0 Å². The summed E-state index contributed by atoms with van der Waals surface area (Å²) < 4.78 is 6.17. The van der Waals surface area contributed by atoms with Crippen LogP contribution in [-0.4, -0.2) is 31.7 Å². The van der Waals surface area contributed by atoms with Crippen molar-refractivity contribution in [2.45, 2.75) is 47.0 Å². The lowest BCUT2D eigenvalue weighted by molar-refractivity contribution is 0.286. The van der Waals surface area contributed by atoms with Crippen molar-refractivity contribution in [3.63, 3.8) is 0 Å². The lowest BCUT2D eigenvalue weighted by atomic mass is 10.1. The lowest BCUT2D eigenvalue weighted by Gasteiger charge is -2.18. The summed E-state index contributed by atoms with van der Waals surface area (Å²) in [6.45, 7) is 12.1. The van der Waals surface area contributed by atoms with Crippen molar-refractivity contribution >= 4 is 27.1 Å². The number of rotatable bonds is 7. The molecule has 0 aromatic heterocycles. The summed E-state index contributed by atoms with van der Waals surface area (Å²) in [4.78, 5) is 2.45. The Kier molecular flexibility index (Phi) is 23.7. The molecule has 1 nitrogen and oxygen atoms in total. The highest BCUT2D eigenvalue weighted by Gasteiger charge is 2.01. The Morgan fingerprint density at radius 1 is 1.06 bits per heavy atom. The second-order valence-electron chi connectivity index (χ2n) is 5.05. The molecular weight excluding hydrogens is 263 g/mol. The molecule has 3 unspecified atom stereocenters. The van der Waals surface area contributed by atoms with E-state index in [2.05, 4.69) is 66.7 Å². The molecule has 0 spiro atoms. The van der Waals surface area contributed by atoms with Gasteiger partial charge in [0, 0.05) is 7.92 Å². The predicted molar refractivity (Wildman–Crippen MR) is 96.1 cm³/mol. The molecule has 0 aromatic rings. The fraction of sp³-hybridized carbons (Fsp3) is 1.00. The summed E-state index contributed by atoms with van der Waals surface area (Å²) in [6, 6.07) is 0. The topological polar surface area (TPSA) is 3.24 Å². The van der Waals surface area contributed by atoms with E-state index >= 15 is 0 Å². The molecule has 0 aliphatic rings. The van der Waals surface area contributed by atoms with Gasteiger partial charge in [0.15, 0.2) is 0 Å². The van der Waals surface area contributed by atoms with Gasteiger partial charge in [-0.2, -0.15) is 0 Å². The smallest absolute Gasteiger partial charge is 0.0274 e. The van der Waals surface area contributed by atoms with E-state index in [-0.39, 0.29) is 0 Å². The molecule has 108 valence electrons. The van der Waals surface area contributed by atoms with Gasteiger partial charge in [0.1, 0.15) is 0 Å². The first-order valence-electron chi connectivity index (χ1n) is 7.15. The maximum Gasteiger partial charge on any atom is 0.0274 e. The van der Waals surface area contributed by atoms with Crippen LogP contribution in [0.2, 0.25) is 0 Å². The first-order valence-corrected chi connectivity index (χ1v) is 9.93. The van der Waals surface area contributed by atoms with E-state index in [0.29, 0.717) is 6.64 Å². The highest BCUT2D eigenvalue weighted by atomic mass is 32.0. The van der Waals surface area contributed by atoms with Crippen LogP contribution in [0, 0.1) is 11.8 Å². The molecule has 0 bridgehead atoms. The maximum atomic E-state index is 6.17. The van der Waals surface area contributed by atoms with Crippen LogP contribution in [0.3, 0.4) is 0 Å². The third-order valence-electron chi connectivity index (χ3n) is 2.25. The number of hydrogen-bond acceptors (Lipinski definition) is 1. The zero-order valence-electron chi connectivity index (χ0n) is 13.6. The predicted octanol–water partition coefficient (Wildman–Crippen LogP) is 4.54. The summed E-state index contributed by atoms with van der Waals surface area (Å²) >= 11 is 0. The van der Waals surface area contributed by atoms with Crippen LogP contribution in [0.15, 0.2) is 0 Å². The van der Waals surface area contributed by atoms with Crippen LogP contribution in [0.4, 0.5) is 0 Å². The van der Waals surface area contributed by atoms with Crippen LogP contribution in [-0.2, 0) is 0 Å². The number of hydrogen-bond donors (Lipinski definition) is 0. The first-order chi connectivity index (χ1) is 8.43. The molecule has 0 aromatic carbocycles. The van der Waals surface area contributed by atoms with Crippen molar-refractivity contribution in [3.05, 3.63) is 0 Å². The molecule has 17 heavy (non-hydrogen) atoms. The van der Waals surface area contributed by atoms with Crippen molar-refractivity contribution < 1.29 is 1.37 Å². The second kappa shape index (κ2) is 19.6. The average Bonchev–Trinajstić information content (AvgIpc) is 2.27. The molecule has 0 saturated carbocycles. The molecule has 0 N–H and O–H groups in total. The zero-order chi connectivity index (χ0) is 15.0. The van der Waals surface area contributed by atoms with E-state index in [9.17, 15) is 0 Å². The summed E-state index contributed by atoms with van der Waals surface area (Å²) in [6.07, 6.45) is 4.14. The quantitative estimate of drug-likeness (QED) is 0.493. The summed E-state index contributed by atoms with van der Waals surface area (Å²) in [5, 5.41) is 0. The second-order valence-corrected chi connectivity index (χ2v) is 5.05. The molecule has 3 atom stereocenters. The van der Waals surface area contributed by atoms with Crippen LogP contribution in [0.5, 0.6) is 0 Å². The highest BCUT2D eigenvalue weighted by Crippen LogP contribution is 2.07. The molecule has 0 aliphatic heterocycles. The monoisotopic (exact) mass is 300 g/mol. The third kappa shape index (κ3) is 26.7. The lowest BCUT2D eigenvalue weighted by Crippen LogP contribution is -2.24. The van der Waals surface area contributed by atoms with Gasteiger partial charge in [0.2, 0.25) is 0 Å². The molecule has 0 aliphatic carbocycles. The van der Waals surface area contributed by atoms with Crippen molar-refractivity contribution in [2.75, 3.05) is 26.8 Å². The van der Waals surface area contributed by atoms with Gasteiger partial charge in [0.25, 0.3) is 0 Å². The fourth-order valence-corrected chi connectivity index (χ4v) is 1.65. The number of nitrogens with zero attached hydrogens (tertiary/aromatic N) is 1. The molecule has 0 amide bonds. The van der Waals surface area contributed by atoms with Crippen LogP contribution >= 0.6 is 27.1 Å². The minimum Gasteiger partial charge on any atom is -0.306 e. The van der Waals surface area contributed by atoms with E-state index in [4.69, 9.17) is 1.37 Å². The Balaban J connectivity index is -0.000000389. The van der Waals surface area contributed by atoms with Gasteiger partial charge in [0.05, 0.1) is 0 Å². The van der Waals surface area contributed by atoms with Crippen LogP contribution < -0.4 is 0 Å². The minimum atomic E-state index is 0.417. The third-order valence-corrected chi connectivity index (χ3v) is 2.25. The van der Waals surface area contributed by atoms with Gasteiger partial charge >= 0.3 is 0 Å². The molecule has 0 fully saturated rings. The summed E-state index contributed by atoms with van der Waals surface area (Å²) in [5.41, 5.74) is 0. The summed E-state index contributed by atoms with van der Waals surface area (Å²) in [5.74, 6) is 1.67. The SMILES string of the molecule is CC(C)CCCCN(C)CC(C)C.PP.[2H]CP. The molecule has 0 radical (unpaired) electrons. The Bertz CT molecular complexity index is 135. The molecule has 0 saturated heterocycles. The Labute approximate surface area is 119 Å². The van der Waals surface area contributed by atoms with E-state index in [0.717, 1.165) is 11.8 Å². The largest absolute Gasteiger partial charge is 0.306 e. The fourth-order valence-electron chi connectivity index (χ4n) is 1.65. The van der Waals surface area contributed by atoms with E-state index in [1.54, 1.807) is 0 Å². The Morgan fingerprint density at radius 2 is 1.53 bits per heavy atom. The average molecular weight is 300 g/mol. The Morgan fingerprint density at radius 3 is 1.88 bits per heavy atom. The van der Waals surface area contributed by atoms with Crippen molar-refractivity contribution in [3.8, 4) is 0 Å². The van der Waals surface area contributed by atoms with Gasteiger partial charge in [-0.3, -0.25) is 0 Å². The molecular formula is C13H36NP3. The number of unbranched alkanes of at least 4 members (excludes halogenated alkanes) is 1. The van der Waals surface area contributed by atoms with Crippen molar-refractivity contribution in [1.82, 2.24) is 4.90 Å². The van der Waals surface area contributed by atoms with Gasteiger partial charge < -0.3 is 4.90 Å². The van der Waals surface area contributed by atoms with Gasteiger partial charge in [-0.15, -0.1) is 27.1 Å². The normalized spacial score (nSPS) is 10.6. The Hall–Kier alpha value is 1.25. The van der Waals surface area contributed by atoms with E-state index in [1.165, 1.54) is 32.4 Å². The maximum absolute atomic E-state index is 6.17. The molecule has 4 heteroatoms. The van der Waals surface area contributed by atoms with E-state index in [1.807, 2.05) is 0 Å². The minimum absolute atomic E-state index is 0.417. The van der Waals surface area contributed by atoms with E-state index < -0.39 is 0 Å². The van der Waals surface area contributed by atoms with Crippen molar-refractivity contribution in [1.29, 1.82) is 0 Å². The molecule has 0 heterocycles. The van der Waals surface area contributed by atoms with Gasteiger partial charge in [-0.1, -0.05) is 47.2 Å². The van der Waals surface area contributed by atoms with Gasteiger partial charge in [-0.05, 0) is 31.8 Å². The standard InChI is InChI=1S/C12H27N.CH5P.H4P2/c1-11(2)8-6-7-9-13(5)10-12(3)4;2*1-2/h11-12H,6-10H2,1-5H3;2H2,1H3;1-2H2/i;1D;. The van der Waals surface area contributed by atoms with Crippen LogP contribution in [0.25, 0.3) is 0 Å². The van der Waals surface area contributed by atoms with Crippen molar-refractivity contribution in [2.24, 2.45) is 11.8 Å². The van der Waals surface area contributed by atoms with Crippen LogP contribution in [0.1, 0.15) is 48.3 Å². The first kappa shape index (κ1) is 20.6. The zero-order valence-corrected chi connectivity index (χ0v) is 16.0. The molecule has 0 rings (SSSR count). The highest BCUT2D eigenvalue weighted by molar-refractivity contribution is 7.92.